The molecule has 0 saturated carbocycles. The van der Waals surface area contributed by atoms with Crippen LogP contribution < -0.4 is 10.5 Å². The third-order valence-electron chi connectivity index (χ3n) is 4.10. The Kier molecular flexibility index (Phi) is 4.69. The van der Waals surface area contributed by atoms with Crippen molar-refractivity contribution in [1.82, 2.24) is 0 Å². The lowest BCUT2D eigenvalue weighted by molar-refractivity contribution is 0.414. The molecule has 2 rings (SSSR count). The lowest BCUT2D eigenvalue weighted by Gasteiger charge is -2.27. The van der Waals surface area contributed by atoms with Gasteiger partial charge in [0.05, 0.1) is 7.11 Å². The fourth-order valence-electron chi connectivity index (χ4n) is 2.68. The van der Waals surface area contributed by atoms with Crippen LogP contribution in [0.2, 0.25) is 0 Å². The van der Waals surface area contributed by atoms with Crippen LogP contribution in [-0.2, 0) is 12.0 Å². The molecule has 0 spiro atoms. The van der Waals surface area contributed by atoms with Gasteiger partial charge in [-0.15, -0.1) is 0 Å². The second-order valence-electron chi connectivity index (χ2n) is 6.08. The van der Waals surface area contributed by atoms with Crippen LogP contribution in [0.3, 0.4) is 0 Å². The molecule has 112 valence electrons. The molecule has 2 aromatic carbocycles. The summed E-state index contributed by atoms with van der Waals surface area (Å²) < 4.78 is 5.19. The number of hydrogen-bond donors (Lipinski definition) is 1. The summed E-state index contributed by atoms with van der Waals surface area (Å²) in [6.45, 7) is 6.37. The molecule has 2 heteroatoms. The highest BCUT2D eigenvalue weighted by atomic mass is 16.5. The molecule has 21 heavy (non-hydrogen) atoms. The molecule has 0 aromatic heterocycles. The maximum atomic E-state index is 6.59. The molecule has 0 aliphatic carbocycles. The summed E-state index contributed by atoms with van der Waals surface area (Å²) in [4.78, 5) is 0. The van der Waals surface area contributed by atoms with Gasteiger partial charge < -0.3 is 10.5 Å². The summed E-state index contributed by atoms with van der Waals surface area (Å²) in [5, 5.41) is 0. The fraction of sp³-hybridized carbons (Fsp3) is 0.368. The van der Waals surface area contributed by atoms with Crippen LogP contribution in [0.15, 0.2) is 42.5 Å². The van der Waals surface area contributed by atoms with E-state index >= 15 is 0 Å². The van der Waals surface area contributed by atoms with Gasteiger partial charge in [-0.3, -0.25) is 0 Å². The standard InChI is InChI=1S/C19H25NO/c1-14-5-6-15(2)18(13-14)19(3,20)12-11-16-7-9-17(21-4)10-8-16/h5-10,13H,11-12,20H2,1-4H3. The van der Waals surface area contributed by atoms with Gasteiger partial charge in [-0.05, 0) is 62.4 Å². The Balaban J connectivity index is 2.11. The lowest BCUT2D eigenvalue weighted by Crippen LogP contribution is -2.34. The van der Waals surface area contributed by atoms with Gasteiger partial charge >= 0.3 is 0 Å². The topological polar surface area (TPSA) is 35.2 Å². The van der Waals surface area contributed by atoms with Crippen molar-refractivity contribution in [3.8, 4) is 5.75 Å². The van der Waals surface area contributed by atoms with E-state index in [4.69, 9.17) is 10.5 Å². The molecule has 1 unspecified atom stereocenters. The average molecular weight is 283 g/mol. The molecule has 2 nitrogen and oxygen atoms in total. The normalized spacial score (nSPS) is 13.8. The van der Waals surface area contributed by atoms with Gasteiger partial charge in [0, 0.05) is 5.54 Å². The summed E-state index contributed by atoms with van der Waals surface area (Å²) in [5.74, 6) is 0.892. The molecule has 0 amide bonds. The summed E-state index contributed by atoms with van der Waals surface area (Å²) in [7, 11) is 1.69. The molecule has 0 radical (unpaired) electrons. The number of nitrogens with two attached hydrogens (primary N) is 1. The van der Waals surface area contributed by atoms with Crippen LogP contribution >= 0.6 is 0 Å². The Hall–Kier alpha value is -1.80. The summed E-state index contributed by atoms with van der Waals surface area (Å²) >= 11 is 0. The average Bonchev–Trinajstić information content (AvgIpc) is 2.48. The first-order chi connectivity index (χ1) is 9.92. The van der Waals surface area contributed by atoms with E-state index in [1.54, 1.807) is 7.11 Å². The van der Waals surface area contributed by atoms with Crippen molar-refractivity contribution in [3.05, 3.63) is 64.7 Å². The number of hydrogen-bond acceptors (Lipinski definition) is 2. The van der Waals surface area contributed by atoms with E-state index < -0.39 is 0 Å². The van der Waals surface area contributed by atoms with Gasteiger partial charge in [0.25, 0.3) is 0 Å². The summed E-state index contributed by atoms with van der Waals surface area (Å²) in [6.07, 6.45) is 1.88. The monoisotopic (exact) mass is 283 g/mol. The smallest absolute Gasteiger partial charge is 0.118 e. The molecular formula is C19H25NO. The van der Waals surface area contributed by atoms with Crippen LogP contribution in [0.5, 0.6) is 5.75 Å². The fourth-order valence-corrected chi connectivity index (χ4v) is 2.68. The van der Waals surface area contributed by atoms with E-state index in [1.807, 2.05) is 12.1 Å². The van der Waals surface area contributed by atoms with Gasteiger partial charge in [-0.2, -0.15) is 0 Å². The Morgan fingerprint density at radius 2 is 1.71 bits per heavy atom. The molecule has 0 aliphatic rings. The minimum Gasteiger partial charge on any atom is -0.497 e. The largest absolute Gasteiger partial charge is 0.497 e. The van der Waals surface area contributed by atoms with Crippen molar-refractivity contribution in [2.75, 3.05) is 7.11 Å². The zero-order valence-corrected chi connectivity index (χ0v) is 13.4. The van der Waals surface area contributed by atoms with Gasteiger partial charge in [-0.1, -0.05) is 35.9 Å². The number of benzene rings is 2. The highest BCUT2D eigenvalue weighted by Gasteiger charge is 2.22. The number of rotatable bonds is 5. The molecule has 1 atom stereocenters. The predicted molar refractivity (Wildman–Crippen MR) is 88.8 cm³/mol. The van der Waals surface area contributed by atoms with E-state index in [0.717, 1.165) is 18.6 Å². The SMILES string of the molecule is COc1ccc(CCC(C)(N)c2cc(C)ccc2C)cc1. The van der Waals surface area contributed by atoms with Crippen LogP contribution in [0.4, 0.5) is 0 Å². The molecule has 0 fully saturated rings. The Bertz CT molecular complexity index is 599. The van der Waals surface area contributed by atoms with Crippen molar-refractivity contribution in [1.29, 1.82) is 0 Å². The van der Waals surface area contributed by atoms with Crippen LogP contribution in [0, 0.1) is 13.8 Å². The zero-order valence-electron chi connectivity index (χ0n) is 13.4. The van der Waals surface area contributed by atoms with Crippen molar-refractivity contribution in [3.63, 3.8) is 0 Å². The molecule has 0 saturated heterocycles. The molecule has 0 aliphatic heterocycles. The van der Waals surface area contributed by atoms with Gasteiger partial charge in [-0.25, -0.2) is 0 Å². The molecule has 0 bridgehead atoms. The third kappa shape index (κ3) is 3.85. The van der Waals surface area contributed by atoms with E-state index in [9.17, 15) is 0 Å². The van der Waals surface area contributed by atoms with Gasteiger partial charge in [0.15, 0.2) is 0 Å². The van der Waals surface area contributed by atoms with E-state index in [2.05, 4.69) is 51.1 Å². The second kappa shape index (κ2) is 6.31. The first kappa shape index (κ1) is 15.6. The summed E-state index contributed by atoms with van der Waals surface area (Å²) in [6, 6.07) is 14.7. The van der Waals surface area contributed by atoms with Crippen LogP contribution in [0.1, 0.15) is 35.6 Å². The van der Waals surface area contributed by atoms with E-state index in [-0.39, 0.29) is 5.54 Å². The first-order valence-electron chi connectivity index (χ1n) is 7.42. The Labute approximate surface area is 127 Å². The highest BCUT2D eigenvalue weighted by Crippen LogP contribution is 2.27. The summed E-state index contributed by atoms with van der Waals surface area (Å²) in [5.41, 5.74) is 11.3. The maximum absolute atomic E-state index is 6.59. The van der Waals surface area contributed by atoms with E-state index in [0.29, 0.717) is 0 Å². The van der Waals surface area contributed by atoms with Crippen molar-refractivity contribution in [2.24, 2.45) is 5.73 Å². The lowest BCUT2D eigenvalue weighted by atomic mass is 9.84. The number of methoxy groups -OCH3 is 1. The second-order valence-corrected chi connectivity index (χ2v) is 6.08. The van der Waals surface area contributed by atoms with Crippen LogP contribution in [-0.4, -0.2) is 7.11 Å². The number of aryl methyl sites for hydroxylation is 3. The zero-order chi connectivity index (χ0) is 15.5. The van der Waals surface area contributed by atoms with Crippen molar-refractivity contribution in [2.45, 2.75) is 39.2 Å². The van der Waals surface area contributed by atoms with Crippen molar-refractivity contribution >= 4 is 0 Å². The van der Waals surface area contributed by atoms with E-state index in [1.165, 1.54) is 22.3 Å². The van der Waals surface area contributed by atoms with Gasteiger partial charge in [0.2, 0.25) is 0 Å². The minimum atomic E-state index is -0.309. The minimum absolute atomic E-state index is 0.309. The van der Waals surface area contributed by atoms with Crippen molar-refractivity contribution < 1.29 is 4.74 Å². The highest BCUT2D eigenvalue weighted by molar-refractivity contribution is 5.36. The Morgan fingerprint density at radius 3 is 2.33 bits per heavy atom. The van der Waals surface area contributed by atoms with Crippen LogP contribution in [0.25, 0.3) is 0 Å². The first-order valence-corrected chi connectivity index (χ1v) is 7.42. The maximum Gasteiger partial charge on any atom is 0.118 e. The predicted octanol–water partition coefficient (Wildman–Crippen LogP) is 4.12. The molecule has 2 aromatic rings. The molecule has 0 heterocycles. The molecular weight excluding hydrogens is 258 g/mol. The Morgan fingerprint density at radius 1 is 1.05 bits per heavy atom. The quantitative estimate of drug-likeness (QED) is 0.896. The molecule has 2 N–H and O–H groups in total. The number of ether oxygens (including phenoxy) is 1. The van der Waals surface area contributed by atoms with Gasteiger partial charge in [0.1, 0.15) is 5.75 Å². The third-order valence-corrected chi connectivity index (χ3v) is 4.10.